The Morgan fingerprint density at radius 3 is 2.72 bits per heavy atom. The summed E-state index contributed by atoms with van der Waals surface area (Å²) in [6, 6.07) is 0.258. The van der Waals surface area contributed by atoms with E-state index in [0.29, 0.717) is 25.3 Å². The second-order valence-electron chi connectivity index (χ2n) is 7.84. The number of piperidine rings is 1. The number of hydrogen-bond acceptors (Lipinski definition) is 4. The fourth-order valence-corrected chi connectivity index (χ4v) is 3.93. The van der Waals surface area contributed by atoms with Crippen molar-refractivity contribution in [3.8, 4) is 0 Å². The molecular weight excluding hydrogens is 318 g/mol. The van der Waals surface area contributed by atoms with Gasteiger partial charge in [0.1, 0.15) is 0 Å². The molecule has 6 nitrogen and oxygen atoms in total. The van der Waals surface area contributed by atoms with Crippen LogP contribution in [0.1, 0.15) is 52.4 Å². The van der Waals surface area contributed by atoms with Gasteiger partial charge in [0.2, 0.25) is 11.8 Å². The molecule has 2 aliphatic heterocycles. The van der Waals surface area contributed by atoms with Crippen LogP contribution in [0.25, 0.3) is 0 Å². The molecule has 2 saturated heterocycles. The summed E-state index contributed by atoms with van der Waals surface area (Å²) in [5.41, 5.74) is 0. The van der Waals surface area contributed by atoms with Crippen LogP contribution < -0.4 is 0 Å². The molecule has 0 aliphatic carbocycles. The van der Waals surface area contributed by atoms with Gasteiger partial charge in [-0.2, -0.15) is 0 Å². The van der Waals surface area contributed by atoms with Crippen LogP contribution in [-0.2, 0) is 9.59 Å². The lowest BCUT2D eigenvalue weighted by atomic mass is 10.1. The molecule has 1 atom stereocenters. The van der Waals surface area contributed by atoms with Crippen molar-refractivity contribution in [2.75, 3.05) is 45.9 Å². The first-order chi connectivity index (χ1) is 12.0. The third-order valence-electron chi connectivity index (χ3n) is 5.26. The Hall–Kier alpha value is -1.14. The molecule has 0 aromatic carbocycles. The Labute approximate surface area is 152 Å². The number of nitrogens with zero attached hydrogens (tertiary/aromatic N) is 3. The zero-order valence-corrected chi connectivity index (χ0v) is 16.0. The van der Waals surface area contributed by atoms with Crippen LogP contribution in [0.5, 0.6) is 0 Å². The predicted octanol–water partition coefficient (Wildman–Crippen LogP) is 1.33. The quantitative estimate of drug-likeness (QED) is 0.715. The van der Waals surface area contributed by atoms with Crippen LogP contribution in [-0.4, -0.2) is 83.5 Å². The van der Waals surface area contributed by atoms with E-state index in [0.717, 1.165) is 58.4 Å². The number of hydrogen-bond donors (Lipinski definition) is 1. The summed E-state index contributed by atoms with van der Waals surface area (Å²) >= 11 is 0. The van der Waals surface area contributed by atoms with Crippen molar-refractivity contribution in [2.24, 2.45) is 5.92 Å². The number of rotatable bonds is 8. The first-order valence-corrected chi connectivity index (χ1v) is 9.91. The number of piperazine rings is 1. The highest BCUT2D eigenvalue weighted by molar-refractivity contribution is 5.77. The van der Waals surface area contributed by atoms with Crippen LogP contribution in [0.4, 0.5) is 0 Å². The first-order valence-electron chi connectivity index (χ1n) is 9.91. The number of likely N-dealkylation sites (tertiary alicyclic amines) is 1. The van der Waals surface area contributed by atoms with E-state index >= 15 is 0 Å². The van der Waals surface area contributed by atoms with Gasteiger partial charge in [-0.1, -0.05) is 13.8 Å². The van der Waals surface area contributed by atoms with Crippen LogP contribution >= 0.6 is 0 Å². The number of carbonyl (C=O) groups is 2. The maximum absolute atomic E-state index is 12.5. The van der Waals surface area contributed by atoms with Gasteiger partial charge >= 0.3 is 0 Å². The van der Waals surface area contributed by atoms with E-state index in [-0.39, 0.29) is 24.5 Å². The smallest absolute Gasteiger partial charge is 0.222 e. The van der Waals surface area contributed by atoms with Crippen LogP contribution in [0.2, 0.25) is 0 Å². The maximum atomic E-state index is 12.5. The third-order valence-corrected chi connectivity index (χ3v) is 5.26. The highest BCUT2D eigenvalue weighted by Gasteiger charge is 2.29. The Balaban J connectivity index is 1.76. The standard InChI is InChI=1S/C19H35N3O3/c1-16(2)14-21-11-12-22(15-17(21)8-13-23)19(25)7-5-10-20-9-4-3-6-18(20)24/h16-17,23H,3-15H2,1-2H3. The lowest BCUT2D eigenvalue weighted by Gasteiger charge is -2.42. The molecule has 2 rings (SSSR count). The fourth-order valence-electron chi connectivity index (χ4n) is 3.93. The Bertz CT molecular complexity index is 442. The molecule has 0 bridgehead atoms. The largest absolute Gasteiger partial charge is 0.396 e. The summed E-state index contributed by atoms with van der Waals surface area (Å²) in [4.78, 5) is 30.6. The summed E-state index contributed by atoms with van der Waals surface area (Å²) in [7, 11) is 0. The van der Waals surface area contributed by atoms with Crippen molar-refractivity contribution < 1.29 is 14.7 Å². The second-order valence-corrected chi connectivity index (χ2v) is 7.84. The Morgan fingerprint density at radius 2 is 2.04 bits per heavy atom. The summed E-state index contributed by atoms with van der Waals surface area (Å²) in [5.74, 6) is 1.02. The van der Waals surface area contributed by atoms with E-state index in [1.807, 2.05) is 9.80 Å². The Kier molecular flexibility index (Phi) is 8.16. The van der Waals surface area contributed by atoms with E-state index in [4.69, 9.17) is 0 Å². The van der Waals surface area contributed by atoms with Gasteiger partial charge < -0.3 is 14.9 Å². The normalized spacial score (nSPS) is 22.7. The molecule has 2 amide bonds. The van der Waals surface area contributed by atoms with Crippen molar-refractivity contribution in [1.82, 2.24) is 14.7 Å². The van der Waals surface area contributed by atoms with Crippen molar-refractivity contribution in [2.45, 2.75) is 58.4 Å². The van der Waals surface area contributed by atoms with Gasteiger partial charge in [0, 0.05) is 64.8 Å². The van der Waals surface area contributed by atoms with Crippen LogP contribution in [0.3, 0.4) is 0 Å². The van der Waals surface area contributed by atoms with Gasteiger partial charge in [0.25, 0.3) is 0 Å². The highest BCUT2D eigenvalue weighted by atomic mass is 16.3. The number of aliphatic hydroxyl groups is 1. The SMILES string of the molecule is CC(C)CN1CCN(C(=O)CCCN2CCCCC2=O)CC1CCO. The third kappa shape index (κ3) is 6.26. The van der Waals surface area contributed by atoms with Crippen molar-refractivity contribution in [1.29, 1.82) is 0 Å². The van der Waals surface area contributed by atoms with Gasteiger partial charge in [-0.15, -0.1) is 0 Å². The average molecular weight is 354 g/mol. The topological polar surface area (TPSA) is 64.1 Å². The van der Waals surface area contributed by atoms with Gasteiger partial charge in [0.05, 0.1) is 0 Å². The lowest BCUT2D eigenvalue weighted by Crippen LogP contribution is -2.55. The molecule has 0 radical (unpaired) electrons. The molecule has 0 aromatic rings. The molecule has 1 N–H and O–H groups in total. The number of carbonyl (C=O) groups excluding carboxylic acids is 2. The molecule has 1 unspecified atom stereocenters. The van der Waals surface area contributed by atoms with Crippen molar-refractivity contribution in [3.05, 3.63) is 0 Å². The molecule has 2 heterocycles. The monoisotopic (exact) mass is 353 g/mol. The summed E-state index contributed by atoms with van der Waals surface area (Å²) < 4.78 is 0. The molecular formula is C19H35N3O3. The summed E-state index contributed by atoms with van der Waals surface area (Å²) in [6.07, 6.45) is 4.73. The molecule has 6 heteroatoms. The summed E-state index contributed by atoms with van der Waals surface area (Å²) in [5, 5.41) is 9.34. The number of aliphatic hydroxyl groups excluding tert-OH is 1. The first kappa shape index (κ1) is 20.2. The molecule has 25 heavy (non-hydrogen) atoms. The molecule has 2 aliphatic rings. The van der Waals surface area contributed by atoms with Gasteiger partial charge in [-0.25, -0.2) is 0 Å². The minimum atomic E-state index is 0.165. The van der Waals surface area contributed by atoms with Gasteiger partial charge in [-0.3, -0.25) is 14.5 Å². The number of amides is 2. The zero-order chi connectivity index (χ0) is 18.2. The predicted molar refractivity (Wildman–Crippen MR) is 98.1 cm³/mol. The van der Waals surface area contributed by atoms with Crippen LogP contribution in [0, 0.1) is 5.92 Å². The average Bonchev–Trinajstić information content (AvgIpc) is 2.58. The molecule has 2 fully saturated rings. The van der Waals surface area contributed by atoms with Crippen LogP contribution in [0.15, 0.2) is 0 Å². The van der Waals surface area contributed by atoms with E-state index in [1.165, 1.54) is 0 Å². The maximum Gasteiger partial charge on any atom is 0.222 e. The van der Waals surface area contributed by atoms with E-state index in [9.17, 15) is 14.7 Å². The van der Waals surface area contributed by atoms with E-state index in [1.54, 1.807) is 0 Å². The molecule has 144 valence electrons. The van der Waals surface area contributed by atoms with Gasteiger partial charge in [0.15, 0.2) is 0 Å². The lowest BCUT2D eigenvalue weighted by molar-refractivity contribution is -0.136. The minimum absolute atomic E-state index is 0.165. The Morgan fingerprint density at radius 1 is 1.24 bits per heavy atom. The minimum Gasteiger partial charge on any atom is -0.396 e. The molecule has 0 saturated carbocycles. The zero-order valence-electron chi connectivity index (χ0n) is 16.0. The summed E-state index contributed by atoms with van der Waals surface area (Å²) in [6.45, 7) is 9.52. The fraction of sp³-hybridized carbons (Fsp3) is 0.895. The highest BCUT2D eigenvalue weighted by Crippen LogP contribution is 2.17. The van der Waals surface area contributed by atoms with E-state index in [2.05, 4.69) is 18.7 Å². The van der Waals surface area contributed by atoms with E-state index < -0.39 is 0 Å². The molecule has 0 spiro atoms. The van der Waals surface area contributed by atoms with Crippen molar-refractivity contribution in [3.63, 3.8) is 0 Å². The van der Waals surface area contributed by atoms with Gasteiger partial charge in [-0.05, 0) is 31.6 Å². The molecule has 0 aromatic heterocycles. The second kappa shape index (κ2) is 10.1. The van der Waals surface area contributed by atoms with Crippen molar-refractivity contribution >= 4 is 11.8 Å².